The van der Waals surface area contributed by atoms with Crippen LogP contribution in [0.1, 0.15) is 58.4 Å². The average Bonchev–Trinajstić information content (AvgIpc) is 2.90. The van der Waals surface area contributed by atoms with E-state index in [1.807, 2.05) is 23.1 Å². The Labute approximate surface area is 170 Å². The highest BCUT2D eigenvalue weighted by Crippen LogP contribution is 2.42. The van der Waals surface area contributed by atoms with E-state index in [0.29, 0.717) is 25.2 Å². The van der Waals surface area contributed by atoms with Crippen LogP contribution in [0.15, 0.2) is 30.3 Å². The van der Waals surface area contributed by atoms with Crippen molar-refractivity contribution in [3.05, 3.63) is 35.9 Å². The van der Waals surface area contributed by atoms with Crippen molar-refractivity contribution >= 4 is 20.0 Å². The molecule has 1 unspecified atom stereocenters. The summed E-state index contributed by atoms with van der Waals surface area (Å²) in [6, 6.07) is 9.96. The average molecular weight is 402 g/mol. The van der Waals surface area contributed by atoms with Crippen molar-refractivity contribution in [2.75, 3.05) is 0 Å². The number of ketones is 1. The number of hydrogen-bond donors (Lipinski definition) is 0. The summed E-state index contributed by atoms with van der Waals surface area (Å²) in [6.07, 6.45) is 3.77. The number of likely N-dealkylation sites (tertiary alicyclic amines) is 1. The van der Waals surface area contributed by atoms with Gasteiger partial charge in [0.1, 0.15) is 5.78 Å². The molecular weight excluding hydrogens is 366 g/mol. The van der Waals surface area contributed by atoms with Gasteiger partial charge in [0.2, 0.25) is 5.91 Å². The Morgan fingerprint density at radius 1 is 1.11 bits per heavy atom. The van der Waals surface area contributed by atoms with Crippen molar-refractivity contribution in [2.24, 2.45) is 5.92 Å². The maximum absolute atomic E-state index is 13.0. The molecule has 28 heavy (non-hydrogen) atoms. The van der Waals surface area contributed by atoms with Crippen LogP contribution in [-0.4, -0.2) is 37.1 Å². The predicted octanol–water partition coefficient (Wildman–Crippen LogP) is 4.94. The number of benzene rings is 1. The van der Waals surface area contributed by atoms with Gasteiger partial charge in [0.15, 0.2) is 8.32 Å². The highest BCUT2D eigenvalue weighted by Gasteiger charge is 2.50. The van der Waals surface area contributed by atoms with Crippen molar-refractivity contribution < 1.29 is 14.0 Å². The number of amides is 1. The molecule has 1 aliphatic heterocycles. The Hall–Kier alpha value is -1.46. The van der Waals surface area contributed by atoms with Gasteiger partial charge in [-0.1, -0.05) is 57.5 Å². The van der Waals surface area contributed by atoms with Crippen molar-refractivity contribution in [1.29, 1.82) is 0 Å². The van der Waals surface area contributed by atoms with Crippen LogP contribution in [0.2, 0.25) is 18.1 Å². The Balaban J connectivity index is 1.90. The van der Waals surface area contributed by atoms with E-state index in [0.717, 1.165) is 24.8 Å². The first-order valence-corrected chi connectivity index (χ1v) is 13.5. The summed E-state index contributed by atoms with van der Waals surface area (Å²) in [6.45, 7) is 11.7. The molecule has 5 heteroatoms. The molecule has 0 spiro atoms. The fourth-order valence-electron chi connectivity index (χ4n) is 4.26. The van der Waals surface area contributed by atoms with Gasteiger partial charge in [0.05, 0.1) is 18.6 Å². The second kappa shape index (κ2) is 8.11. The van der Waals surface area contributed by atoms with Crippen molar-refractivity contribution in [2.45, 2.75) is 89.7 Å². The van der Waals surface area contributed by atoms with Crippen LogP contribution in [-0.2, 0) is 20.6 Å². The van der Waals surface area contributed by atoms with Gasteiger partial charge < -0.3 is 9.33 Å². The Morgan fingerprint density at radius 2 is 1.79 bits per heavy atom. The minimum atomic E-state index is -2.04. The summed E-state index contributed by atoms with van der Waals surface area (Å²) < 4.78 is 6.74. The third-order valence-corrected chi connectivity index (χ3v) is 11.4. The summed E-state index contributed by atoms with van der Waals surface area (Å²) in [5.41, 5.74) is 1.11. The summed E-state index contributed by atoms with van der Waals surface area (Å²) in [7, 11) is -2.04. The number of carbonyl (C=O) groups is 2. The lowest BCUT2D eigenvalue weighted by atomic mass is 9.81. The van der Waals surface area contributed by atoms with Crippen LogP contribution >= 0.6 is 0 Å². The molecule has 1 saturated heterocycles. The molecule has 0 aromatic heterocycles. The second-order valence-corrected chi connectivity index (χ2v) is 14.7. The second-order valence-electron chi connectivity index (χ2n) is 9.94. The van der Waals surface area contributed by atoms with Gasteiger partial charge in [0.25, 0.3) is 0 Å². The number of rotatable bonds is 5. The van der Waals surface area contributed by atoms with Gasteiger partial charge in [-0.05, 0) is 36.5 Å². The number of carbonyl (C=O) groups excluding carboxylic acids is 2. The Bertz CT molecular complexity index is 710. The number of nitrogens with zero attached hydrogens (tertiary/aromatic N) is 1. The summed E-state index contributed by atoms with van der Waals surface area (Å²) in [5, 5.41) is 0.0734. The van der Waals surface area contributed by atoms with E-state index in [-0.39, 0.29) is 29.0 Å². The van der Waals surface area contributed by atoms with Gasteiger partial charge in [-0.2, -0.15) is 0 Å². The van der Waals surface area contributed by atoms with Gasteiger partial charge in [-0.15, -0.1) is 0 Å². The lowest BCUT2D eigenvalue weighted by molar-refractivity contribution is -0.133. The van der Waals surface area contributed by atoms with Gasteiger partial charge in [-0.3, -0.25) is 9.59 Å². The van der Waals surface area contributed by atoms with Crippen LogP contribution in [0.5, 0.6) is 0 Å². The molecule has 3 rings (SSSR count). The minimum Gasteiger partial charge on any atom is -0.411 e. The van der Waals surface area contributed by atoms with Crippen molar-refractivity contribution in [3.8, 4) is 0 Å². The first kappa shape index (κ1) is 21.3. The van der Waals surface area contributed by atoms with E-state index in [1.165, 1.54) is 0 Å². The van der Waals surface area contributed by atoms with E-state index >= 15 is 0 Å². The van der Waals surface area contributed by atoms with Gasteiger partial charge >= 0.3 is 0 Å². The van der Waals surface area contributed by atoms with Crippen LogP contribution in [0.3, 0.4) is 0 Å². The summed E-state index contributed by atoms with van der Waals surface area (Å²) >= 11 is 0. The molecule has 0 bridgehead atoms. The maximum Gasteiger partial charge on any atom is 0.225 e. The fourth-order valence-corrected chi connectivity index (χ4v) is 5.60. The Morgan fingerprint density at radius 3 is 2.39 bits per heavy atom. The van der Waals surface area contributed by atoms with E-state index in [4.69, 9.17) is 4.43 Å². The zero-order valence-electron chi connectivity index (χ0n) is 18.0. The van der Waals surface area contributed by atoms with Crippen LogP contribution in [0, 0.1) is 5.92 Å². The standard InChI is InChI=1S/C23H35NO3Si/c1-23(2,3)28(4,5)27-20-15-21(26)24(16-17-11-7-6-8-12-17)22(20)18-13-9-10-14-19(18)25/h6-8,11-12,18,20,22H,9-10,13-16H2,1-5H3/t18?,20-,22+/m0/s1. The van der Waals surface area contributed by atoms with E-state index in [1.54, 1.807) is 0 Å². The van der Waals surface area contributed by atoms with Crippen molar-refractivity contribution in [3.63, 3.8) is 0 Å². The number of Topliss-reactive ketones (excluding diaryl/α,β-unsaturated/α-hetero) is 1. The molecule has 1 aliphatic carbocycles. The molecule has 1 amide bonds. The van der Waals surface area contributed by atoms with Crippen LogP contribution < -0.4 is 0 Å². The molecule has 1 saturated carbocycles. The van der Waals surface area contributed by atoms with Gasteiger partial charge in [-0.25, -0.2) is 0 Å². The first-order valence-electron chi connectivity index (χ1n) is 10.6. The smallest absolute Gasteiger partial charge is 0.225 e. The monoisotopic (exact) mass is 401 g/mol. The predicted molar refractivity (Wildman–Crippen MR) is 114 cm³/mol. The minimum absolute atomic E-state index is 0.0734. The lowest BCUT2D eigenvalue weighted by Crippen LogP contribution is -2.51. The molecule has 1 aromatic carbocycles. The van der Waals surface area contributed by atoms with E-state index in [9.17, 15) is 9.59 Å². The molecular formula is C23H35NO3Si. The maximum atomic E-state index is 13.0. The summed E-state index contributed by atoms with van der Waals surface area (Å²) in [5.74, 6) is 0.349. The quantitative estimate of drug-likeness (QED) is 0.657. The molecule has 0 radical (unpaired) electrons. The van der Waals surface area contributed by atoms with E-state index in [2.05, 4.69) is 46.0 Å². The van der Waals surface area contributed by atoms with Crippen LogP contribution in [0.4, 0.5) is 0 Å². The molecule has 2 fully saturated rings. The molecule has 3 atom stereocenters. The highest BCUT2D eigenvalue weighted by atomic mass is 28.4. The largest absolute Gasteiger partial charge is 0.411 e. The SMILES string of the molecule is CC(C)(C)[Si](C)(C)O[C@H]1CC(=O)N(Cc2ccccc2)[C@@H]1C1CCCCC1=O. The fraction of sp³-hybridized carbons (Fsp3) is 0.652. The zero-order valence-corrected chi connectivity index (χ0v) is 19.0. The molecule has 1 heterocycles. The third kappa shape index (κ3) is 4.41. The molecule has 154 valence electrons. The number of hydrogen-bond acceptors (Lipinski definition) is 3. The lowest BCUT2D eigenvalue weighted by Gasteiger charge is -2.42. The zero-order chi connectivity index (χ0) is 20.5. The Kier molecular flexibility index (Phi) is 6.16. The van der Waals surface area contributed by atoms with Crippen LogP contribution in [0.25, 0.3) is 0 Å². The van der Waals surface area contributed by atoms with E-state index < -0.39 is 8.32 Å². The summed E-state index contributed by atoms with van der Waals surface area (Å²) in [4.78, 5) is 27.8. The van der Waals surface area contributed by atoms with Gasteiger partial charge in [0, 0.05) is 18.9 Å². The molecule has 1 aromatic rings. The topological polar surface area (TPSA) is 46.6 Å². The third-order valence-electron chi connectivity index (χ3n) is 6.90. The van der Waals surface area contributed by atoms with Crippen molar-refractivity contribution in [1.82, 2.24) is 4.90 Å². The molecule has 2 aliphatic rings. The first-order chi connectivity index (χ1) is 13.1. The molecule has 0 N–H and O–H groups in total. The highest BCUT2D eigenvalue weighted by molar-refractivity contribution is 6.74. The normalized spacial score (nSPS) is 26.8. The molecule has 4 nitrogen and oxygen atoms in total.